The molecule has 146 valence electrons. The van der Waals surface area contributed by atoms with Crippen molar-refractivity contribution in [2.45, 2.75) is 31.9 Å². The van der Waals surface area contributed by atoms with Crippen LogP contribution in [0.15, 0.2) is 52.1 Å². The Labute approximate surface area is 161 Å². The third-order valence-corrected chi connectivity index (χ3v) is 5.14. The van der Waals surface area contributed by atoms with Crippen LogP contribution in [0.5, 0.6) is 0 Å². The molecule has 0 aliphatic carbocycles. The van der Waals surface area contributed by atoms with Gasteiger partial charge >= 0.3 is 0 Å². The number of aliphatic hydroxyl groups excluding tert-OH is 1. The van der Waals surface area contributed by atoms with E-state index in [0.717, 1.165) is 12.8 Å². The first kappa shape index (κ1) is 18.4. The number of ether oxygens (including phenoxy) is 1. The van der Waals surface area contributed by atoms with Crippen molar-refractivity contribution in [2.24, 2.45) is 0 Å². The lowest BCUT2D eigenvalue weighted by Crippen LogP contribution is -2.37. The Morgan fingerprint density at radius 3 is 2.71 bits per heavy atom. The van der Waals surface area contributed by atoms with Crippen molar-refractivity contribution in [2.75, 3.05) is 13.2 Å². The number of hydrogen-bond acceptors (Lipinski definition) is 5. The van der Waals surface area contributed by atoms with Crippen molar-refractivity contribution in [3.63, 3.8) is 0 Å². The van der Waals surface area contributed by atoms with Gasteiger partial charge in [0.1, 0.15) is 11.6 Å². The van der Waals surface area contributed by atoms with Crippen LogP contribution in [0.1, 0.15) is 40.8 Å². The molecule has 0 saturated carbocycles. The number of Topliss-reactive ketones (excluding diaryl/α,β-unsaturated/α-hetero) is 1. The molecule has 1 N–H and O–H groups in total. The SMILES string of the molecule is Cc1ccc(C(=O)C2=C(O)C(=O)N(C[C@@H]3CCCO3)[C@H]2c2ccccc2F)o1. The second kappa shape index (κ2) is 7.24. The lowest BCUT2D eigenvalue weighted by atomic mass is 9.94. The Kier molecular flexibility index (Phi) is 4.77. The van der Waals surface area contributed by atoms with Gasteiger partial charge < -0.3 is 19.2 Å². The number of halogens is 1. The van der Waals surface area contributed by atoms with E-state index in [2.05, 4.69) is 0 Å². The van der Waals surface area contributed by atoms with Crippen LogP contribution in [0, 0.1) is 12.7 Å². The Balaban J connectivity index is 1.78. The molecule has 1 amide bonds. The molecule has 3 heterocycles. The van der Waals surface area contributed by atoms with E-state index < -0.39 is 29.3 Å². The molecule has 1 aromatic heterocycles. The maximum absolute atomic E-state index is 14.6. The highest BCUT2D eigenvalue weighted by Gasteiger charge is 2.46. The zero-order valence-corrected chi connectivity index (χ0v) is 15.4. The summed E-state index contributed by atoms with van der Waals surface area (Å²) in [5, 5.41) is 10.5. The van der Waals surface area contributed by atoms with Crippen molar-refractivity contribution >= 4 is 11.7 Å². The minimum Gasteiger partial charge on any atom is -0.503 e. The summed E-state index contributed by atoms with van der Waals surface area (Å²) in [4.78, 5) is 27.2. The van der Waals surface area contributed by atoms with Crippen LogP contribution < -0.4 is 0 Å². The average molecular weight is 385 g/mol. The van der Waals surface area contributed by atoms with E-state index in [1.807, 2.05) is 0 Å². The first-order valence-corrected chi connectivity index (χ1v) is 9.18. The molecule has 6 nitrogen and oxygen atoms in total. The van der Waals surface area contributed by atoms with Gasteiger partial charge in [-0.3, -0.25) is 9.59 Å². The summed E-state index contributed by atoms with van der Waals surface area (Å²) in [5.41, 5.74) is -0.0352. The van der Waals surface area contributed by atoms with Gasteiger partial charge in [-0.05, 0) is 38.0 Å². The molecule has 2 aromatic rings. The number of ketones is 1. The molecular formula is C21H20FNO5. The molecule has 2 atom stereocenters. The molecule has 2 aliphatic rings. The average Bonchev–Trinajstić information content (AvgIpc) is 3.39. The van der Waals surface area contributed by atoms with Gasteiger partial charge in [0.25, 0.3) is 5.91 Å². The van der Waals surface area contributed by atoms with E-state index in [1.54, 1.807) is 19.1 Å². The summed E-state index contributed by atoms with van der Waals surface area (Å²) >= 11 is 0. The molecule has 0 spiro atoms. The number of rotatable bonds is 5. The minimum absolute atomic E-state index is 0.00726. The summed E-state index contributed by atoms with van der Waals surface area (Å²) in [6.45, 7) is 2.44. The van der Waals surface area contributed by atoms with Gasteiger partial charge in [0.05, 0.1) is 17.7 Å². The quantitative estimate of drug-likeness (QED) is 0.797. The van der Waals surface area contributed by atoms with Crippen LogP contribution in [-0.2, 0) is 9.53 Å². The van der Waals surface area contributed by atoms with Crippen LogP contribution in [0.2, 0.25) is 0 Å². The first-order chi connectivity index (χ1) is 13.5. The predicted octanol–water partition coefficient (Wildman–Crippen LogP) is 3.48. The Morgan fingerprint density at radius 2 is 2.07 bits per heavy atom. The summed E-state index contributed by atoms with van der Waals surface area (Å²) in [6.07, 6.45) is 1.41. The lowest BCUT2D eigenvalue weighted by Gasteiger charge is -2.29. The Morgan fingerprint density at radius 1 is 1.29 bits per heavy atom. The van der Waals surface area contributed by atoms with Crippen LogP contribution in [0.3, 0.4) is 0 Å². The fourth-order valence-corrected chi connectivity index (χ4v) is 3.79. The van der Waals surface area contributed by atoms with Gasteiger partial charge in [0.15, 0.2) is 11.5 Å². The Hall–Kier alpha value is -2.93. The van der Waals surface area contributed by atoms with Gasteiger partial charge in [-0.15, -0.1) is 0 Å². The van der Waals surface area contributed by atoms with Gasteiger partial charge in [-0.2, -0.15) is 0 Å². The molecule has 1 fully saturated rings. The zero-order valence-electron chi connectivity index (χ0n) is 15.4. The highest BCUT2D eigenvalue weighted by Crippen LogP contribution is 2.40. The van der Waals surface area contributed by atoms with E-state index in [9.17, 15) is 19.1 Å². The first-order valence-electron chi connectivity index (χ1n) is 9.18. The number of nitrogens with zero attached hydrogens (tertiary/aromatic N) is 1. The van der Waals surface area contributed by atoms with Crippen molar-refractivity contribution in [1.82, 2.24) is 4.90 Å². The lowest BCUT2D eigenvalue weighted by molar-refractivity contribution is -0.131. The van der Waals surface area contributed by atoms with Gasteiger partial charge in [0, 0.05) is 18.7 Å². The van der Waals surface area contributed by atoms with Gasteiger partial charge in [-0.25, -0.2) is 4.39 Å². The molecule has 0 unspecified atom stereocenters. The summed E-state index contributed by atoms with van der Waals surface area (Å²) in [6, 6.07) is 7.97. The van der Waals surface area contributed by atoms with E-state index in [-0.39, 0.29) is 29.5 Å². The number of carbonyl (C=O) groups excluding carboxylic acids is 2. The topological polar surface area (TPSA) is 80.0 Å². The van der Waals surface area contributed by atoms with Crippen molar-refractivity contribution in [1.29, 1.82) is 0 Å². The number of furan rings is 1. The van der Waals surface area contributed by atoms with Crippen LogP contribution >= 0.6 is 0 Å². The third kappa shape index (κ3) is 3.11. The molecule has 0 bridgehead atoms. The van der Waals surface area contributed by atoms with E-state index in [4.69, 9.17) is 9.15 Å². The summed E-state index contributed by atoms with van der Waals surface area (Å²) in [7, 11) is 0. The van der Waals surface area contributed by atoms with E-state index in [1.165, 1.54) is 29.2 Å². The maximum atomic E-state index is 14.6. The molecule has 4 rings (SSSR count). The highest BCUT2D eigenvalue weighted by molar-refractivity contribution is 6.15. The molecule has 2 aliphatic heterocycles. The van der Waals surface area contributed by atoms with E-state index >= 15 is 0 Å². The maximum Gasteiger partial charge on any atom is 0.290 e. The fourth-order valence-electron chi connectivity index (χ4n) is 3.79. The second-order valence-corrected chi connectivity index (χ2v) is 7.02. The predicted molar refractivity (Wildman–Crippen MR) is 97.3 cm³/mol. The number of aliphatic hydroxyl groups is 1. The summed E-state index contributed by atoms with van der Waals surface area (Å²) < 4.78 is 25.6. The van der Waals surface area contributed by atoms with Crippen molar-refractivity contribution in [3.05, 3.63) is 70.6 Å². The molecular weight excluding hydrogens is 365 g/mol. The molecule has 28 heavy (non-hydrogen) atoms. The largest absolute Gasteiger partial charge is 0.503 e. The number of carbonyl (C=O) groups is 2. The Bertz CT molecular complexity index is 957. The smallest absolute Gasteiger partial charge is 0.290 e. The minimum atomic E-state index is -1.05. The normalized spacial score (nSPS) is 22.4. The number of aryl methyl sites for hydroxylation is 1. The molecule has 1 aromatic carbocycles. The molecule has 1 saturated heterocycles. The molecule has 7 heteroatoms. The monoisotopic (exact) mass is 385 g/mol. The summed E-state index contributed by atoms with van der Waals surface area (Å²) in [5.74, 6) is -2.07. The third-order valence-electron chi connectivity index (χ3n) is 5.14. The standard InChI is InChI=1S/C21H20FNO5/c1-12-8-9-16(28-12)19(24)17-18(14-6-2-3-7-15(14)22)23(21(26)20(17)25)11-13-5-4-10-27-13/h2-3,6-9,13,18,25H,4-5,10-11H2,1H3/t13-,18-/m0/s1. The van der Waals surface area contributed by atoms with Crippen LogP contribution in [-0.4, -0.2) is 41.0 Å². The molecule has 0 radical (unpaired) electrons. The number of amides is 1. The van der Waals surface area contributed by atoms with Crippen LogP contribution in [0.4, 0.5) is 4.39 Å². The fraction of sp³-hybridized carbons (Fsp3) is 0.333. The second-order valence-electron chi connectivity index (χ2n) is 7.02. The van der Waals surface area contributed by atoms with Crippen LogP contribution in [0.25, 0.3) is 0 Å². The highest BCUT2D eigenvalue weighted by atomic mass is 19.1. The van der Waals surface area contributed by atoms with E-state index in [0.29, 0.717) is 12.4 Å². The van der Waals surface area contributed by atoms with Crippen molar-refractivity contribution in [3.8, 4) is 0 Å². The van der Waals surface area contributed by atoms with Crippen molar-refractivity contribution < 1.29 is 28.2 Å². The van der Waals surface area contributed by atoms with Gasteiger partial charge in [0.2, 0.25) is 5.78 Å². The number of benzene rings is 1. The number of hydrogen-bond donors (Lipinski definition) is 1. The van der Waals surface area contributed by atoms with Gasteiger partial charge in [-0.1, -0.05) is 18.2 Å². The zero-order chi connectivity index (χ0) is 19.8.